The Bertz CT molecular complexity index is 3120. The van der Waals surface area contributed by atoms with Crippen molar-refractivity contribution in [3.8, 4) is 32.8 Å². The molecular formula is C50H32N4S2. The van der Waals surface area contributed by atoms with E-state index in [1.807, 2.05) is 42.6 Å². The third kappa shape index (κ3) is 6.51. The Morgan fingerprint density at radius 1 is 0.500 bits per heavy atom. The Labute approximate surface area is 332 Å². The highest BCUT2D eigenvalue weighted by Crippen LogP contribution is 2.40. The number of thiazole rings is 1. The van der Waals surface area contributed by atoms with E-state index in [9.17, 15) is 0 Å². The van der Waals surface area contributed by atoms with Gasteiger partial charge in [0.25, 0.3) is 0 Å². The number of amidine groups is 2. The summed E-state index contributed by atoms with van der Waals surface area (Å²) < 4.78 is 3.49. The van der Waals surface area contributed by atoms with Crippen molar-refractivity contribution >= 4 is 81.7 Å². The minimum Gasteiger partial charge on any atom is -0.282 e. The lowest BCUT2D eigenvalue weighted by molar-refractivity contribution is 1.40. The molecule has 0 spiro atoms. The zero-order chi connectivity index (χ0) is 37.4. The van der Waals surface area contributed by atoms with Crippen molar-refractivity contribution in [1.29, 1.82) is 5.41 Å². The molecule has 0 atom stereocenters. The minimum atomic E-state index is 0.164. The van der Waals surface area contributed by atoms with Gasteiger partial charge < -0.3 is 0 Å². The molecule has 1 N–H and O–H groups in total. The van der Waals surface area contributed by atoms with E-state index in [-0.39, 0.29) is 5.84 Å². The summed E-state index contributed by atoms with van der Waals surface area (Å²) >= 11 is 3.47. The van der Waals surface area contributed by atoms with E-state index in [1.165, 1.54) is 42.9 Å². The zero-order valence-corrected chi connectivity index (χ0v) is 31.7. The van der Waals surface area contributed by atoms with Gasteiger partial charge in [0.15, 0.2) is 11.7 Å². The second kappa shape index (κ2) is 14.4. The summed E-state index contributed by atoms with van der Waals surface area (Å²) in [5.74, 6) is 0.652. The van der Waals surface area contributed by atoms with Crippen LogP contribution in [0, 0.1) is 5.41 Å². The summed E-state index contributed by atoms with van der Waals surface area (Å²) in [4.78, 5) is 14.8. The molecule has 4 nitrogen and oxygen atoms in total. The molecule has 0 saturated carbocycles. The summed E-state index contributed by atoms with van der Waals surface area (Å²) in [6.07, 6.45) is 1.84. The molecule has 264 valence electrons. The topological polar surface area (TPSA) is 61.5 Å². The summed E-state index contributed by atoms with van der Waals surface area (Å²) in [5, 5.41) is 14.7. The summed E-state index contributed by atoms with van der Waals surface area (Å²) in [6, 6.07) is 62.9. The van der Waals surface area contributed by atoms with Crippen LogP contribution in [0.3, 0.4) is 0 Å². The van der Waals surface area contributed by atoms with E-state index >= 15 is 0 Å². The van der Waals surface area contributed by atoms with Gasteiger partial charge >= 0.3 is 0 Å². The van der Waals surface area contributed by atoms with Crippen LogP contribution in [-0.2, 0) is 0 Å². The van der Waals surface area contributed by atoms with E-state index in [4.69, 9.17) is 20.4 Å². The fourth-order valence-electron chi connectivity index (χ4n) is 7.19. The monoisotopic (exact) mass is 752 g/mol. The maximum atomic E-state index is 8.86. The Morgan fingerprint density at radius 3 is 2.00 bits per heavy atom. The summed E-state index contributed by atoms with van der Waals surface area (Å²) in [6.45, 7) is 0. The van der Waals surface area contributed by atoms with Crippen molar-refractivity contribution < 1.29 is 0 Å². The fraction of sp³-hybridized carbons (Fsp3) is 0. The lowest BCUT2D eigenvalue weighted by Gasteiger charge is -2.07. The Balaban J connectivity index is 0.973. The molecule has 10 aromatic rings. The van der Waals surface area contributed by atoms with E-state index in [0.29, 0.717) is 5.84 Å². The lowest BCUT2D eigenvalue weighted by atomic mass is 9.98. The molecule has 0 fully saturated rings. The number of thiophene rings is 1. The van der Waals surface area contributed by atoms with E-state index in [0.717, 1.165) is 47.7 Å². The maximum absolute atomic E-state index is 8.86. The summed E-state index contributed by atoms with van der Waals surface area (Å²) in [5.41, 5.74) is 9.43. The van der Waals surface area contributed by atoms with E-state index < -0.39 is 0 Å². The van der Waals surface area contributed by atoms with Gasteiger partial charge in [-0.3, -0.25) is 5.41 Å². The molecule has 56 heavy (non-hydrogen) atoms. The maximum Gasteiger partial charge on any atom is 0.161 e. The quantitative estimate of drug-likeness (QED) is 0.133. The van der Waals surface area contributed by atoms with Crippen LogP contribution in [0.2, 0.25) is 0 Å². The van der Waals surface area contributed by atoms with Gasteiger partial charge in [0.1, 0.15) is 5.01 Å². The van der Waals surface area contributed by atoms with E-state index in [1.54, 1.807) is 22.7 Å². The SMILES string of the molecule is N=C(N=C(N=Cc1ccc(-c2cccc3ccccc23)cc1)c1ccc2c(c1)sc1cc3nc(-c4ccc(-c5ccccc5)cc4)sc3cc12)c1ccccc1. The second-order valence-electron chi connectivity index (χ2n) is 13.6. The number of rotatable bonds is 6. The normalized spacial score (nSPS) is 12.0. The molecule has 10 rings (SSSR count). The molecule has 8 aromatic carbocycles. The molecule has 0 saturated heterocycles. The van der Waals surface area contributed by atoms with E-state index in [2.05, 4.69) is 146 Å². The Hall–Kier alpha value is -6.86. The number of aromatic nitrogens is 1. The molecule has 0 aliphatic carbocycles. The van der Waals surface area contributed by atoms with Gasteiger partial charge in [-0.15, -0.1) is 22.7 Å². The molecule has 0 unspecified atom stereocenters. The highest BCUT2D eigenvalue weighted by atomic mass is 32.1. The van der Waals surface area contributed by atoms with Gasteiger partial charge in [0.2, 0.25) is 0 Å². The average molecular weight is 753 g/mol. The number of fused-ring (bicyclic) bond motifs is 5. The third-order valence-electron chi connectivity index (χ3n) is 10.1. The van der Waals surface area contributed by atoms with Crippen molar-refractivity contribution in [2.24, 2.45) is 9.98 Å². The first kappa shape index (κ1) is 33.7. The molecule has 0 bridgehead atoms. The van der Waals surface area contributed by atoms with Gasteiger partial charge in [-0.25, -0.2) is 15.0 Å². The Kier molecular flexibility index (Phi) is 8.67. The van der Waals surface area contributed by atoms with Crippen LogP contribution in [0.25, 0.3) is 74.0 Å². The van der Waals surface area contributed by atoms with Crippen molar-refractivity contribution in [2.45, 2.75) is 0 Å². The van der Waals surface area contributed by atoms with Crippen LogP contribution < -0.4 is 0 Å². The first-order chi connectivity index (χ1) is 27.6. The largest absolute Gasteiger partial charge is 0.282 e. The highest BCUT2D eigenvalue weighted by molar-refractivity contribution is 7.26. The minimum absolute atomic E-state index is 0.164. The van der Waals surface area contributed by atoms with Crippen LogP contribution >= 0.6 is 22.7 Å². The fourth-order valence-corrected chi connectivity index (χ4v) is 9.34. The van der Waals surface area contributed by atoms with Crippen LogP contribution in [-0.4, -0.2) is 22.9 Å². The first-order valence-corrected chi connectivity index (χ1v) is 20.0. The van der Waals surface area contributed by atoms with Crippen molar-refractivity contribution in [3.05, 3.63) is 199 Å². The second-order valence-corrected chi connectivity index (χ2v) is 15.8. The number of aliphatic imine (C=N–C) groups is 2. The van der Waals surface area contributed by atoms with Gasteiger partial charge in [0.05, 0.1) is 10.2 Å². The zero-order valence-electron chi connectivity index (χ0n) is 30.1. The Morgan fingerprint density at radius 2 is 1.18 bits per heavy atom. The molecule has 0 amide bonds. The highest BCUT2D eigenvalue weighted by Gasteiger charge is 2.14. The predicted octanol–water partition coefficient (Wildman–Crippen LogP) is 13.7. The smallest absolute Gasteiger partial charge is 0.161 e. The van der Waals surface area contributed by atoms with Crippen LogP contribution in [0.5, 0.6) is 0 Å². The van der Waals surface area contributed by atoms with Crippen LogP contribution in [0.15, 0.2) is 192 Å². The van der Waals surface area contributed by atoms with Gasteiger partial charge in [0, 0.05) is 43.1 Å². The van der Waals surface area contributed by atoms with Gasteiger partial charge in [-0.1, -0.05) is 164 Å². The lowest BCUT2D eigenvalue weighted by Crippen LogP contribution is -2.04. The van der Waals surface area contributed by atoms with Crippen LogP contribution in [0.1, 0.15) is 16.7 Å². The molecule has 2 aromatic heterocycles. The predicted molar refractivity (Wildman–Crippen MR) is 240 cm³/mol. The van der Waals surface area contributed by atoms with Crippen molar-refractivity contribution in [1.82, 2.24) is 4.98 Å². The van der Waals surface area contributed by atoms with Crippen molar-refractivity contribution in [2.75, 3.05) is 0 Å². The van der Waals surface area contributed by atoms with Gasteiger partial charge in [-0.2, -0.15) is 0 Å². The molecule has 0 radical (unpaired) electrons. The third-order valence-corrected chi connectivity index (χ3v) is 12.3. The first-order valence-electron chi connectivity index (χ1n) is 18.4. The number of hydrogen-bond acceptors (Lipinski definition) is 4. The average Bonchev–Trinajstić information content (AvgIpc) is 3.85. The van der Waals surface area contributed by atoms with Gasteiger partial charge in [-0.05, 0) is 56.8 Å². The molecule has 0 aliphatic rings. The number of benzene rings is 8. The molecule has 2 heterocycles. The summed E-state index contributed by atoms with van der Waals surface area (Å²) in [7, 11) is 0. The number of hydrogen-bond donors (Lipinski definition) is 1. The standard InChI is InChI=1S/C50H32N4S2/c51-48(37-13-5-2-6-14-37)54-49(52-31-32-18-20-36(21-19-32)41-17-9-15-35-12-7-8-16-40(35)41)39-26-27-42-43-29-47-44(30-46(43)55-45(42)28-39)53-50(56-47)38-24-22-34(23-25-38)33-10-3-1-4-11-33/h1-31,51H. The van der Waals surface area contributed by atoms with Crippen molar-refractivity contribution in [3.63, 3.8) is 0 Å². The number of nitrogens with zero attached hydrogens (tertiary/aromatic N) is 3. The van der Waals surface area contributed by atoms with Crippen LogP contribution in [0.4, 0.5) is 0 Å². The number of nitrogens with one attached hydrogen (secondary N) is 1. The molecule has 0 aliphatic heterocycles. The molecular weight excluding hydrogens is 721 g/mol. The molecule has 6 heteroatoms.